The van der Waals surface area contributed by atoms with Crippen molar-refractivity contribution < 1.29 is 9.52 Å². The predicted molar refractivity (Wildman–Crippen MR) is 68.5 cm³/mol. The lowest BCUT2D eigenvalue weighted by atomic mass is 10.3. The van der Waals surface area contributed by atoms with Gasteiger partial charge >= 0.3 is 0 Å². The summed E-state index contributed by atoms with van der Waals surface area (Å²) < 4.78 is 5.67. The SMILES string of the molecule is CCNCc1ccc(CSC(C)CCO)o1. The van der Waals surface area contributed by atoms with Crippen molar-refractivity contribution in [1.29, 1.82) is 0 Å². The van der Waals surface area contributed by atoms with Crippen LogP contribution in [0.1, 0.15) is 31.8 Å². The Morgan fingerprint density at radius 1 is 1.44 bits per heavy atom. The molecule has 1 heterocycles. The molecule has 0 aliphatic rings. The Kier molecular flexibility index (Phi) is 6.61. The van der Waals surface area contributed by atoms with E-state index in [0.29, 0.717) is 5.25 Å². The first kappa shape index (κ1) is 13.6. The molecule has 1 rings (SSSR count). The lowest BCUT2D eigenvalue weighted by molar-refractivity contribution is 0.289. The highest BCUT2D eigenvalue weighted by Crippen LogP contribution is 2.21. The molecule has 0 radical (unpaired) electrons. The van der Waals surface area contributed by atoms with Crippen LogP contribution in [0.15, 0.2) is 16.5 Å². The van der Waals surface area contributed by atoms with Crippen LogP contribution >= 0.6 is 11.8 Å². The fourth-order valence-electron chi connectivity index (χ4n) is 1.33. The summed E-state index contributed by atoms with van der Waals surface area (Å²) in [7, 11) is 0. The second-order valence-corrected chi connectivity index (χ2v) is 5.21. The normalized spacial score (nSPS) is 12.9. The first-order valence-electron chi connectivity index (χ1n) is 5.77. The van der Waals surface area contributed by atoms with E-state index < -0.39 is 0 Å². The number of aliphatic hydroxyl groups is 1. The molecule has 1 atom stereocenters. The van der Waals surface area contributed by atoms with Gasteiger partial charge in [-0.3, -0.25) is 0 Å². The molecule has 0 saturated carbocycles. The van der Waals surface area contributed by atoms with E-state index in [1.54, 1.807) is 0 Å². The van der Waals surface area contributed by atoms with E-state index in [0.717, 1.165) is 36.8 Å². The third kappa shape index (κ3) is 5.05. The van der Waals surface area contributed by atoms with E-state index in [1.807, 2.05) is 23.9 Å². The van der Waals surface area contributed by atoms with Gasteiger partial charge in [0.05, 0.1) is 12.3 Å². The number of aliphatic hydroxyl groups excluding tert-OH is 1. The maximum atomic E-state index is 8.79. The summed E-state index contributed by atoms with van der Waals surface area (Å²) in [6.45, 7) is 6.23. The topological polar surface area (TPSA) is 45.4 Å². The lowest BCUT2D eigenvalue weighted by Crippen LogP contribution is -2.10. The zero-order chi connectivity index (χ0) is 11.8. The van der Waals surface area contributed by atoms with Crippen molar-refractivity contribution in [1.82, 2.24) is 5.32 Å². The van der Waals surface area contributed by atoms with Gasteiger partial charge in [0.25, 0.3) is 0 Å². The van der Waals surface area contributed by atoms with Gasteiger partial charge in [0, 0.05) is 11.9 Å². The van der Waals surface area contributed by atoms with Gasteiger partial charge in [-0.15, -0.1) is 0 Å². The Morgan fingerprint density at radius 2 is 2.19 bits per heavy atom. The van der Waals surface area contributed by atoms with Crippen molar-refractivity contribution in [2.75, 3.05) is 13.2 Å². The van der Waals surface area contributed by atoms with Gasteiger partial charge in [0.2, 0.25) is 0 Å². The zero-order valence-corrected chi connectivity index (χ0v) is 10.8. The largest absolute Gasteiger partial charge is 0.464 e. The number of rotatable bonds is 8. The van der Waals surface area contributed by atoms with E-state index in [-0.39, 0.29) is 6.61 Å². The van der Waals surface area contributed by atoms with Crippen molar-refractivity contribution >= 4 is 11.8 Å². The number of thioether (sulfide) groups is 1. The minimum Gasteiger partial charge on any atom is -0.464 e. The van der Waals surface area contributed by atoms with Gasteiger partial charge in [-0.05, 0) is 25.1 Å². The molecule has 0 aliphatic carbocycles. The van der Waals surface area contributed by atoms with Crippen molar-refractivity contribution in [2.24, 2.45) is 0 Å². The summed E-state index contributed by atoms with van der Waals surface area (Å²) in [5, 5.41) is 12.5. The van der Waals surface area contributed by atoms with Gasteiger partial charge < -0.3 is 14.8 Å². The van der Waals surface area contributed by atoms with Gasteiger partial charge in [0.1, 0.15) is 11.5 Å². The standard InChI is InChI=1S/C12H21NO2S/c1-3-13-8-11-4-5-12(15-11)9-16-10(2)6-7-14/h4-5,10,13-14H,3,6-9H2,1-2H3. The van der Waals surface area contributed by atoms with Crippen LogP contribution in [0, 0.1) is 0 Å². The molecule has 1 aromatic heterocycles. The number of hydrogen-bond donors (Lipinski definition) is 2. The van der Waals surface area contributed by atoms with Crippen LogP contribution in [0.4, 0.5) is 0 Å². The highest BCUT2D eigenvalue weighted by atomic mass is 32.2. The maximum Gasteiger partial charge on any atom is 0.117 e. The molecular weight excluding hydrogens is 222 g/mol. The van der Waals surface area contributed by atoms with Crippen molar-refractivity contribution in [3.8, 4) is 0 Å². The zero-order valence-electron chi connectivity index (χ0n) is 10.0. The minimum atomic E-state index is 0.262. The quantitative estimate of drug-likeness (QED) is 0.736. The average Bonchev–Trinajstić information content (AvgIpc) is 2.72. The summed E-state index contributed by atoms with van der Waals surface area (Å²) in [5.41, 5.74) is 0. The van der Waals surface area contributed by atoms with Gasteiger partial charge in [-0.2, -0.15) is 11.8 Å². The van der Waals surface area contributed by atoms with E-state index in [4.69, 9.17) is 9.52 Å². The molecule has 1 aromatic rings. The Morgan fingerprint density at radius 3 is 2.88 bits per heavy atom. The van der Waals surface area contributed by atoms with Crippen molar-refractivity contribution in [2.45, 2.75) is 37.8 Å². The van der Waals surface area contributed by atoms with Crippen molar-refractivity contribution in [3.05, 3.63) is 23.7 Å². The molecule has 0 saturated heterocycles. The van der Waals surface area contributed by atoms with Crippen LogP contribution in [0.3, 0.4) is 0 Å². The van der Waals surface area contributed by atoms with Crippen LogP contribution in [-0.4, -0.2) is 23.5 Å². The molecule has 0 bridgehead atoms. The summed E-state index contributed by atoms with van der Waals surface area (Å²) in [6, 6.07) is 4.06. The summed E-state index contributed by atoms with van der Waals surface area (Å²) in [6.07, 6.45) is 0.843. The second kappa shape index (κ2) is 7.76. The fourth-order valence-corrected chi connectivity index (χ4v) is 2.21. The third-order valence-corrected chi connectivity index (χ3v) is 3.57. The summed E-state index contributed by atoms with van der Waals surface area (Å²) in [4.78, 5) is 0. The van der Waals surface area contributed by atoms with E-state index in [9.17, 15) is 0 Å². The van der Waals surface area contributed by atoms with Gasteiger partial charge in [0.15, 0.2) is 0 Å². The van der Waals surface area contributed by atoms with Crippen LogP contribution in [0.5, 0.6) is 0 Å². The molecule has 0 aliphatic heterocycles. The first-order valence-corrected chi connectivity index (χ1v) is 6.82. The fraction of sp³-hybridized carbons (Fsp3) is 0.667. The molecule has 0 amide bonds. The molecule has 3 nitrogen and oxygen atoms in total. The average molecular weight is 243 g/mol. The Hall–Kier alpha value is -0.450. The van der Waals surface area contributed by atoms with E-state index in [2.05, 4.69) is 19.2 Å². The minimum absolute atomic E-state index is 0.262. The smallest absolute Gasteiger partial charge is 0.117 e. The number of furan rings is 1. The molecule has 16 heavy (non-hydrogen) atoms. The number of nitrogens with one attached hydrogen (secondary N) is 1. The highest BCUT2D eigenvalue weighted by Gasteiger charge is 2.05. The van der Waals surface area contributed by atoms with Crippen LogP contribution < -0.4 is 5.32 Å². The van der Waals surface area contributed by atoms with E-state index >= 15 is 0 Å². The van der Waals surface area contributed by atoms with Crippen LogP contribution in [0.2, 0.25) is 0 Å². The second-order valence-electron chi connectivity index (χ2n) is 3.78. The Balaban J connectivity index is 2.28. The third-order valence-electron chi connectivity index (χ3n) is 2.31. The molecule has 1 unspecified atom stereocenters. The van der Waals surface area contributed by atoms with E-state index in [1.165, 1.54) is 0 Å². The predicted octanol–water partition coefficient (Wildman–Crippen LogP) is 2.39. The molecule has 0 fully saturated rings. The molecule has 0 spiro atoms. The summed E-state index contributed by atoms with van der Waals surface area (Å²) in [5.74, 6) is 2.89. The maximum absolute atomic E-state index is 8.79. The molecule has 92 valence electrons. The van der Waals surface area contributed by atoms with Crippen LogP contribution in [-0.2, 0) is 12.3 Å². The highest BCUT2D eigenvalue weighted by molar-refractivity contribution is 7.99. The monoisotopic (exact) mass is 243 g/mol. The molecule has 2 N–H and O–H groups in total. The number of hydrogen-bond acceptors (Lipinski definition) is 4. The Bertz CT molecular complexity index is 288. The van der Waals surface area contributed by atoms with Gasteiger partial charge in [-0.25, -0.2) is 0 Å². The first-order chi connectivity index (χ1) is 7.76. The molecule has 4 heteroatoms. The Labute approximate surface area is 102 Å². The molecule has 0 aromatic carbocycles. The van der Waals surface area contributed by atoms with Crippen LogP contribution in [0.25, 0.3) is 0 Å². The summed E-state index contributed by atoms with van der Waals surface area (Å²) >= 11 is 1.82. The lowest BCUT2D eigenvalue weighted by Gasteiger charge is -2.07. The van der Waals surface area contributed by atoms with Crippen molar-refractivity contribution in [3.63, 3.8) is 0 Å². The van der Waals surface area contributed by atoms with Gasteiger partial charge in [-0.1, -0.05) is 13.8 Å². The molecular formula is C12H21NO2S.